The SMILES string of the molecule is CC(C)(C)OC(=O)N1CCN(c2ccncc2NC(=O)c2cccc(-n3cc4ccc(OCC5CCCO5)cc4c3O)n2)CC1. The molecule has 2 fully saturated rings. The van der Waals surface area contributed by atoms with E-state index in [1.165, 1.54) is 0 Å². The summed E-state index contributed by atoms with van der Waals surface area (Å²) in [6, 6.07) is 12.4. The molecule has 3 aromatic heterocycles. The number of carbonyl (C=O) groups excluding carboxylic acids is 2. The van der Waals surface area contributed by atoms with Gasteiger partial charge in [-0.15, -0.1) is 0 Å². The van der Waals surface area contributed by atoms with Crippen LogP contribution in [0.5, 0.6) is 11.6 Å². The van der Waals surface area contributed by atoms with Crippen LogP contribution >= 0.6 is 0 Å². The van der Waals surface area contributed by atoms with Gasteiger partial charge in [0.05, 0.1) is 23.7 Å². The lowest BCUT2D eigenvalue weighted by Crippen LogP contribution is -2.50. The molecule has 1 unspecified atom stereocenters. The summed E-state index contributed by atoms with van der Waals surface area (Å²) in [6.07, 6.45) is 6.82. The van der Waals surface area contributed by atoms with Crippen LogP contribution in [-0.4, -0.2) is 87.6 Å². The van der Waals surface area contributed by atoms with Gasteiger partial charge in [-0.2, -0.15) is 0 Å². The quantitative estimate of drug-likeness (QED) is 0.295. The number of nitrogens with zero attached hydrogens (tertiary/aromatic N) is 5. The fourth-order valence-electron chi connectivity index (χ4n) is 5.49. The minimum absolute atomic E-state index is 0.00214. The summed E-state index contributed by atoms with van der Waals surface area (Å²) in [5, 5.41) is 15.5. The van der Waals surface area contributed by atoms with Crippen LogP contribution in [0, 0.1) is 0 Å². The van der Waals surface area contributed by atoms with Gasteiger partial charge in [0.25, 0.3) is 5.91 Å². The summed E-state index contributed by atoms with van der Waals surface area (Å²) >= 11 is 0. The topological polar surface area (TPSA) is 131 Å². The van der Waals surface area contributed by atoms with Gasteiger partial charge in [-0.1, -0.05) is 6.07 Å². The van der Waals surface area contributed by atoms with Crippen molar-refractivity contribution in [2.75, 3.05) is 49.6 Å². The number of carbonyl (C=O) groups is 2. The van der Waals surface area contributed by atoms with Gasteiger partial charge in [0.1, 0.15) is 29.5 Å². The summed E-state index contributed by atoms with van der Waals surface area (Å²) in [4.78, 5) is 38.5. The second-order valence-corrected chi connectivity index (χ2v) is 12.2. The molecule has 6 rings (SSSR count). The predicted molar refractivity (Wildman–Crippen MR) is 169 cm³/mol. The van der Waals surface area contributed by atoms with Gasteiger partial charge < -0.3 is 34.4 Å². The zero-order valence-electron chi connectivity index (χ0n) is 25.7. The van der Waals surface area contributed by atoms with Crippen LogP contribution in [-0.2, 0) is 9.47 Å². The third-order valence-electron chi connectivity index (χ3n) is 7.75. The van der Waals surface area contributed by atoms with Crippen molar-refractivity contribution >= 4 is 34.1 Å². The molecule has 0 spiro atoms. The predicted octanol–water partition coefficient (Wildman–Crippen LogP) is 4.99. The first-order valence-electron chi connectivity index (χ1n) is 15.2. The van der Waals surface area contributed by atoms with Crippen molar-refractivity contribution in [2.45, 2.75) is 45.3 Å². The first-order chi connectivity index (χ1) is 21.6. The van der Waals surface area contributed by atoms with E-state index >= 15 is 0 Å². The van der Waals surface area contributed by atoms with Gasteiger partial charge in [0.15, 0.2) is 0 Å². The molecule has 1 aromatic carbocycles. The van der Waals surface area contributed by atoms with Crippen molar-refractivity contribution in [1.29, 1.82) is 0 Å². The first-order valence-corrected chi connectivity index (χ1v) is 15.2. The number of aromatic nitrogens is 3. The highest BCUT2D eigenvalue weighted by Gasteiger charge is 2.27. The maximum atomic E-state index is 13.4. The second kappa shape index (κ2) is 12.6. The first kappa shape index (κ1) is 30.2. The molecule has 2 N–H and O–H groups in total. The third-order valence-corrected chi connectivity index (χ3v) is 7.75. The highest BCUT2D eigenvalue weighted by molar-refractivity contribution is 6.04. The van der Waals surface area contributed by atoms with E-state index < -0.39 is 11.5 Å². The molecule has 0 saturated carbocycles. The number of hydrogen-bond donors (Lipinski definition) is 2. The van der Waals surface area contributed by atoms with Crippen molar-refractivity contribution in [3.63, 3.8) is 0 Å². The Bertz CT molecular complexity index is 1680. The molecule has 2 saturated heterocycles. The molecule has 12 heteroatoms. The fourth-order valence-corrected chi connectivity index (χ4v) is 5.49. The Morgan fingerprint density at radius 2 is 1.93 bits per heavy atom. The summed E-state index contributed by atoms with van der Waals surface area (Å²) < 4.78 is 18.6. The smallest absolute Gasteiger partial charge is 0.410 e. The van der Waals surface area contributed by atoms with Crippen molar-refractivity contribution in [1.82, 2.24) is 19.4 Å². The number of fused-ring (bicyclic) bond motifs is 1. The standard InChI is InChI=1S/C33H38N6O6/c1-33(2,3)45-32(42)38-15-13-37(14-16-38)28-11-12-34-19-27(28)36-30(40)26-7-4-8-29(35-26)39-20-22-9-10-23(18-25(22)31(39)41)44-21-24-6-5-17-43-24/h4,7-12,18-20,24,41H,5-6,13-17,21H2,1-3H3,(H,36,40). The van der Waals surface area contributed by atoms with Gasteiger partial charge in [0.2, 0.25) is 5.88 Å². The molecule has 4 aromatic rings. The summed E-state index contributed by atoms with van der Waals surface area (Å²) in [7, 11) is 0. The number of amides is 2. The number of aromatic hydroxyl groups is 1. The monoisotopic (exact) mass is 614 g/mol. The number of hydrogen-bond acceptors (Lipinski definition) is 9. The zero-order valence-corrected chi connectivity index (χ0v) is 25.7. The van der Waals surface area contributed by atoms with Gasteiger partial charge in [-0.05, 0) is 70.0 Å². The Morgan fingerprint density at radius 1 is 1.11 bits per heavy atom. The zero-order chi connectivity index (χ0) is 31.6. The van der Waals surface area contributed by atoms with Crippen molar-refractivity contribution < 1.29 is 28.9 Å². The molecule has 0 radical (unpaired) electrons. The van der Waals surface area contributed by atoms with Crippen LogP contribution in [0.3, 0.4) is 0 Å². The largest absolute Gasteiger partial charge is 0.494 e. The minimum atomic E-state index is -0.557. The Morgan fingerprint density at radius 3 is 2.69 bits per heavy atom. The Hall–Kier alpha value is -4.84. The van der Waals surface area contributed by atoms with Gasteiger partial charge in [-0.3, -0.25) is 14.3 Å². The molecule has 45 heavy (non-hydrogen) atoms. The van der Waals surface area contributed by atoms with E-state index in [9.17, 15) is 14.7 Å². The number of anilines is 2. The molecule has 0 bridgehead atoms. The lowest BCUT2D eigenvalue weighted by molar-refractivity contribution is 0.0240. The van der Waals surface area contributed by atoms with Crippen molar-refractivity contribution in [2.24, 2.45) is 0 Å². The van der Waals surface area contributed by atoms with E-state index in [1.54, 1.807) is 52.3 Å². The molecule has 236 valence electrons. The highest BCUT2D eigenvalue weighted by atomic mass is 16.6. The average Bonchev–Trinajstić information content (AvgIpc) is 3.67. The molecule has 12 nitrogen and oxygen atoms in total. The molecule has 2 aliphatic heterocycles. The molecule has 0 aliphatic carbocycles. The van der Waals surface area contributed by atoms with Crippen LogP contribution < -0.4 is 15.0 Å². The molecular formula is C33H38N6O6. The number of rotatable bonds is 7. The van der Waals surface area contributed by atoms with Gasteiger partial charge in [0, 0.05) is 56.0 Å². The van der Waals surface area contributed by atoms with Crippen LogP contribution in [0.1, 0.15) is 44.1 Å². The number of piperazine rings is 1. The van der Waals surface area contributed by atoms with E-state index in [0.29, 0.717) is 55.4 Å². The second-order valence-electron chi connectivity index (χ2n) is 12.2. The maximum absolute atomic E-state index is 13.4. The normalized spacial score (nSPS) is 17.0. The number of nitrogens with one attached hydrogen (secondary N) is 1. The Labute approximate surface area is 261 Å². The number of benzene rings is 1. The minimum Gasteiger partial charge on any atom is -0.494 e. The van der Waals surface area contributed by atoms with Crippen molar-refractivity contribution in [3.05, 3.63) is 66.7 Å². The Balaban J connectivity index is 1.14. The van der Waals surface area contributed by atoms with Crippen LogP contribution in [0.25, 0.3) is 16.6 Å². The average molecular weight is 615 g/mol. The van der Waals surface area contributed by atoms with E-state index in [0.717, 1.165) is 30.5 Å². The lowest BCUT2D eigenvalue weighted by Gasteiger charge is -2.37. The molecule has 5 heterocycles. The third kappa shape index (κ3) is 6.96. The number of pyridine rings is 2. The van der Waals surface area contributed by atoms with E-state index in [2.05, 4.69) is 20.2 Å². The van der Waals surface area contributed by atoms with Crippen LogP contribution in [0.2, 0.25) is 0 Å². The van der Waals surface area contributed by atoms with Crippen LogP contribution in [0.4, 0.5) is 16.2 Å². The maximum Gasteiger partial charge on any atom is 0.410 e. The van der Waals surface area contributed by atoms with E-state index in [4.69, 9.17) is 14.2 Å². The van der Waals surface area contributed by atoms with Crippen molar-refractivity contribution in [3.8, 4) is 17.4 Å². The summed E-state index contributed by atoms with van der Waals surface area (Å²) in [5.41, 5.74) is 0.948. The van der Waals surface area contributed by atoms with E-state index in [1.807, 2.05) is 39.0 Å². The Kier molecular flexibility index (Phi) is 8.48. The summed E-state index contributed by atoms with van der Waals surface area (Å²) in [5.74, 6) is 0.616. The molecule has 2 amide bonds. The lowest BCUT2D eigenvalue weighted by atomic mass is 10.2. The van der Waals surface area contributed by atoms with Crippen LogP contribution in [0.15, 0.2) is 61.1 Å². The number of ether oxygens (including phenoxy) is 3. The molecule has 2 aliphatic rings. The van der Waals surface area contributed by atoms with Gasteiger partial charge in [-0.25, -0.2) is 9.78 Å². The molecule has 1 atom stereocenters. The summed E-state index contributed by atoms with van der Waals surface area (Å²) in [6.45, 7) is 8.90. The highest BCUT2D eigenvalue weighted by Crippen LogP contribution is 2.33. The van der Waals surface area contributed by atoms with Gasteiger partial charge >= 0.3 is 6.09 Å². The molecular weight excluding hydrogens is 576 g/mol. The van der Waals surface area contributed by atoms with E-state index in [-0.39, 0.29) is 23.8 Å². The fraction of sp³-hybridized carbons (Fsp3) is 0.394.